The fraction of sp³-hybridized carbons (Fsp3) is 0.542. The highest BCUT2D eigenvalue weighted by Gasteiger charge is 2.34. The number of amides is 1. The van der Waals surface area contributed by atoms with Gasteiger partial charge in [-0.1, -0.05) is 55.5 Å². The average molecular weight is 365 g/mol. The average Bonchev–Trinajstić information content (AvgIpc) is 3.05. The lowest BCUT2D eigenvalue weighted by molar-refractivity contribution is -0.142. The number of carbonyl (C=O) groups excluding carboxylic acids is 1. The minimum absolute atomic E-state index is 0.284. The molecule has 27 heavy (non-hydrogen) atoms. The van der Waals surface area contributed by atoms with Gasteiger partial charge in [0, 0.05) is 30.4 Å². The number of benzene rings is 1. The quantitative estimate of drug-likeness (QED) is 0.682. The molecule has 0 unspecified atom stereocenters. The molecule has 3 nitrogen and oxygen atoms in total. The van der Waals surface area contributed by atoms with Crippen LogP contribution in [-0.2, 0) is 17.9 Å². The van der Waals surface area contributed by atoms with Crippen LogP contribution in [0.3, 0.4) is 0 Å². The predicted molar refractivity (Wildman–Crippen MR) is 109 cm³/mol. The molecule has 1 aromatic carbocycles. The van der Waals surface area contributed by atoms with E-state index in [4.69, 9.17) is 0 Å². The second-order valence-corrected chi connectivity index (χ2v) is 8.50. The van der Waals surface area contributed by atoms with Gasteiger partial charge in [-0.15, -0.1) is 0 Å². The number of hydrogen-bond acceptors (Lipinski definition) is 1. The highest BCUT2D eigenvalue weighted by molar-refractivity contribution is 5.80. The Morgan fingerprint density at radius 3 is 2.56 bits per heavy atom. The molecule has 2 saturated carbocycles. The van der Waals surface area contributed by atoms with Crippen molar-refractivity contribution in [2.24, 2.45) is 5.92 Å². The van der Waals surface area contributed by atoms with Crippen molar-refractivity contribution in [2.75, 3.05) is 0 Å². The van der Waals surface area contributed by atoms with Gasteiger partial charge >= 0.3 is 0 Å². The summed E-state index contributed by atoms with van der Waals surface area (Å²) in [5, 5.41) is 0. The third-order valence-electron chi connectivity index (χ3n) is 6.44. The lowest BCUT2D eigenvalue weighted by Crippen LogP contribution is -2.45. The summed E-state index contributed by atoms with van der Waals surface area (Å²) in [6, 6.07) is 13.5. The zero-order valence-corrected chi connectivity index (χ0v) is 16.6. The summed E-state index contributed by atoms with van der Waals surface area (Å²) in [6.07, 6.45) is 11.8. The molecule has 0 radical (unpaired) electrons. The van der Waals surface area contributed by atoms with Crippen molar-refractivity contribution in [3.8, 4) is 0 Å². The van der Waals surface area contributed by atoms with Gasteiger partial charge in [0.25, 0.3) is 0 Å². The largest absolute Gasteiger partial charge is 0.345 e. The third kappa shape index (κ3) is 4.28. The van der Waals surface area contributed by atoms with Crippen LogP contribution < -0.4 is 0 Å². The minimum atomic E-state index is 0.284. The molecule has 4 rings (SSSR count). The Morgan fingerprint density at radius 1 is 1.04 bits per heavy atom. The maximum Gasteiger partial charge on any atom is 0.226 e. The molecule has 0 aliphatic heterocycles. The van der Waals surface area contributed by atoms with Gasteiger partial charge in [0.2, 0.25) is 5.91 Å². The van der Waals surface area contributed by atoms with Gasteiger partial charge in [-0.05, 0) is 50.3 Å². The van der Waals surface area contributed by atoms with Gasteiger partial charge in [-0.3, -0.25) is 4.79 Å². The van der Waals surface area contributed by atoms with Crippen molar-refractivity contribution in [1.82, 2.24) is 9.47 Å². The number of hydrogen-bond donors (Lipinski definition) is 0. The van der Waals surface area contributed by atoms with Crippen LogP contribution in [0.1, 0.15) is 68.2 Å². The van der Waals surface area contributed by atoms with Crippen LogP contribution in [0.4, 0.5) is 0 Å². The lowest BCUT2D eigenvalue weighted by atomic mass is 9.83. The first kappa shape index (κ1) is 18.3. The van der Waals surface area contributed by atoms with Gasteiger partial charge in [0.15, 0.2) is 0 Å². The Morgan fingerprint density at radius 2 is 1.85 bits per heavy atom. The van der Waals surface area contributed by atoms with Crippen LogP contribution in [-0.4, -0.2) is 21.4 Å². The summed E-state index contributed by atoms with van der Waals surface area (Å²) in [7, 11) is 0. The minimum Gasteiger partial charge on any atom is -0.345 e. The standard InChI is InChI=1S/C24H32N2O/c1-19-8-5-9-20(16-19)17-25-15-7-14-23(25)18-26(22-12-3-2-4-13-22)24(27)21-10-6-11-21/h5,7-9,14-16,21-22H,2-4,6,10-13,17-18H2,1H3. The van der Waals surface area contributed by atoms with E-state index in [2.05, 4.69) is 59.0 Å². The van der Waals surface area contributed by atoms with E-state index < -0.39 is 0 Å². The zero-order chi connectivity index (χ0) is 18.6. The van der Waals surface area contributed by atoms with Crippen LogP contribution in [0.25, 0.3) is 0 Å². The van der Waals surface area contributed by atoms with E-state index in [1.807, 2.05) is 0 Å². The topological polar surface area (TPSA) is 25.2 Å². The molecule has 2 aromatic rings. The molecule has 1 aromatic heterocycles. The summed E-state index contributed by atoms with van der Waals surface area (Å²) >= 11 is 0. The van der Waals surface area contributed by atoms with E-state index in [9.17, 15) is 4.79 Å². The maximum absolute atomic E-state index is 13.2. The van der Waals surface area contributed by atoms with E-state index in [1.165, 1.54) is 55.3 Å². The third-order valence-corrected chi connectivity index (χ3v) is 6.44. The molecule has 0 saturated heterocycles. The summed E-state index contributed by atoms with van der Waals surface area (Å²) in [6.45, 7) is 3.78. The molecule has 0 bridgehead atoms. The predicted octanol–water partition coefficient (Wildman–Crippen LogP) is 5.31. The molecular weight excluding hydrogens is 332 g/mol. The van der Waals surface area contributed by atoms with E-state index in [0.717, 1.165) is 25.9 Å². The van der Waals surface area contributed by atoms with Crippen LogP contribution in [0, 0.1) is 12.8 Å². The van der Waals surface area contributed by atoms with Crippen LogP contribution in [0.2, 0.25) is 0 Å². The molecule has 0 N–H and O–H groups in total. The Balaban J connectivity index is 1.52. The van der Waals surface area contributed by atoms with E-state index in [-0.39, 0.29) is 5.92 Å². The first-order chi connectivity index (χ1) is 13.2. The van der Waals surface area contributed by atoms with Gasteiger partial charge in [-0.25, -0.2) is 0 Å². The fourth-order valence-corrected chi connectivity index (χ4v) is 4.60. The molecule has 1 amide bonds. The number of carbonyl (C=O) groups is 1. The second-order valence-electron chi connectivity index (χ2n) is 8.50. The molecule has 2 aliphatic rings. The van der Waals surface area contributed by atoms with Gasteiger partial charge in [0.1, 0.15) is 0 Å². The molecule has 144 valence electrons. The maximum atomic E-state index is 13.2. The molecule has 3 heteroatoms. The summed E-state index contributed by atoms with van der Waals surface area (Å²) in [5.41, 5.74) is 3.88. The molecule has 2 fully saturated rings. The van der Waals surface area contributed by atoms with Gasteiger partial charge in [-0.2, -0.15) is 0 Å². The second kappa shape index (κ2) is 8.33. The highest BCUT2D eigenvalue weighted by Crippen LogP contribution is 2.32. The lowest BCUT2D eigenvalue weighted by Gasteiger charge is -2.39. The zero-order valence-electron chi connectivity index (χ0n) is 16.6. The molecule has 0 spiro atoms. The molecule has 1 heterocycles. The smallest absolute Gasteiger partial charge is 0.226 e. The Labute approximate surface area is 163 Å². The van der Waals surface area contributed by atoms with Gasteiger partial charge < -0.3 is 9.47 Å². The highest BCUT2D eigenvalue weighted by atomic mass is 16.2. The Bertz CT molecular complexity index is 768. The molecule has 2 aliphatic carbocycles. The van der Waals surface area contributed by atoms with Crippen LogP contribution in [0.5, 0.6) is 0 Å². The number of nitrogens with zero attached hydrogens (tertiary/aromatic N) is 2. The van der Waals surface area contributed by atoms with Crippen molar-refractivity contribution in [3.05, 3.63) is 59.4 Å². The first-order valence-corrected chi connectivity index (χ1v) is 10.7. The number of aromatic nitrogens is 1. The SMILES string of the molecule is Cc1cccc(Cn2cccc2CN(C(=O)C2CCC2)C2CCCCC2)c1. The Hall–Kier alpha value is -2.03. The summed E-state index contributed by atoms with van der Waals surface area (Å²) in [4.78, 5) is 15.4. The number of aryl methyl sites for hydroxylation is 1. The van der Waals surface area contributed by atoms with Gasteiger partial charge in [0.05, 0.1) is 6.54 Å². The summed E-state index contributed by atoms with van der Waals surface area (Å²) in [5.74, 6) is 0.698. The summed E-state index contributed by atoms with van der Waals surface area (Å²) < 4.78 is 2.32. The number of rotatable bonds is 6. The van der Waals surface area contributed by atoms with Crippen LogP contribution >= 0.6 is 0 Å². The van der Waals surface area contributed by atoms with Crippen LogP contribution in [0.15, 0.2) is 42.6 Å². The van der Waals surface area contributed by atoms with Crippen molar-refractivity contribution in [1.29, 1.82) is 0 Å². The normalized spacial score (nSPS) is 18.3. The molecular formula is C24H32N2O. The first-order valence-electron chi connectivity index (χ1n) is 10.7. The molecule has 0 atom stereocenters. The van der Waals surface area contributed by atoms with E-state index in [0.29, 0.717) is 11.9 Å². The van der Waals surface area contributed by atoms with Crippen molar-refractivity contribution in [3.63, 3.8) is 0 Å². The van der Waals surface area contributed by atoms with E-state index in [1.54, 1.807) is 0 Å². The van der Waals surface area contributed by atoms with Crippen molar-refractivity contribution in [2.45, 2.75) is 77.4 Å². The van der Waals surface area contributed by atoms with Crippen molar-refractivity contribution < 1.29 is 4.79 Å². The van der Waals surface area contributed by atoms with Crippen molar-refractivity contribution >= 4 is 5.91 Å². The Kier molecular flexibility index (Phi) is 5.66. The van der Waals surface area contributed by atoms with E-state index >= 15 is 0 Å². The fourth-order valence-electron chi connectivity index (χ4n) is 4.60. The monoisotopic (exact) mass is 364 g/mol.